The van der Waals surface area contributed by atoms with Gasteiger partial charge >= 0.3 is 0 Å². The van der Waals surface area contributed by atoms with Gasteiger partial charge in [-0.25, -0.2) is 0 Å². The molecule has 0 aliphatic carbocycles. The summed E-state index contributed by atoms with van der Waals surface area (Å²) in [5.41, 5.74) is -0.00180. The van der Waals surface area contributed by atoms with Crippen molar-refractivity contribution < 1.29 is 19.3 Å². The molecule has 8 heteroatoms. The zero-order valence-electron chi connectivity index (χ0n) is 17.9. The molecule has 4 rings (SSSR count). The topological polar surface area (TPSA) is 69.0 Å². The standard InChI is InChI=1S/C24H28ClN3O4/c25-21-5-2-7-23(15-21)32-19-24(29)17-27(10-12-30-18-24)16-20-4-1-6-22(14-20)31-13-11-28-9-3-8-26-28/h1-9,14-15,29H,10-13,16-19H2/t24-/m0/s1. The Balaban J connectivity index is 1.32. The largest absolute Gasteiger partial charge is 0.492 e. The first-order valence-electron chi connectivity index (χ1n) is 10.7. The lowest BCUT2D eigenvalue weighted by Crippen LogP contribution is -2.48. The first-order chi connectivity index (χ1) is 15.6. The molecule has 1 saturated heterocycles. The zero-order chi connectivity index (χ0) is 22.2. The maximum Gasteiger partial charge on any atom is 0.134 e. The molecule has 0 unspecified atom stereocenters. The minimum absolute atomic E-state index is 0.125. The number of aromatic nitrogens is 2. The number of halogens is 1. The van der Waals surface area contributed by atoms with Crippen molar-refractivity contribution in [3.63, 3.8) is 0 Å². The van der Waals surface area contributed by atoms with Crippen molar-refractivity contribution in [2.24, 2.45) is 0 Å². The Morgan fingerprint density at radius 1 is 1.09 bits per heavy atom. The molecule has 2 heterocycles. The summed E-state index contributed by atoms with van der Waals surface area (Å²) in [6, 6.07) is 17.1. The molecule has 0 saturated carbocycles. The van der Waals surface area contributed by atoms with Crippen molar-refractivity contribution in [3.8, 4) is 11.5 Å². The minimum atomic E-state index is -1.11. The van der Waals surface area contributed by atoms with Crippen LogP contribution in [0.5, 0.6) is 11.5 Å². The normalized spacial score (nSPS) is 19.4. The van der Waals surface area contributed by atoms with Crippen molar-refractivity contribution in [2.45, 2.75) is 18.7 Å². The van der Waals surface area contributed by atoms with Gasteiger partial charge in [-0.05, 0) is 42.0 Å². The van der Waals surface area contributed by atoms with E-state index >= 15 is 0 Å². The zero-order valence-corrected chi connectivity index (χ0v) is 18.7. The summed E-state index contributed by atoms with van der Waals surface area (Å²) in [7, 11) is 0. The van der Waals surface area contributed by atoms with Gasteiger partial charge in [-0.1, -0.05) is 29.8 Å². The van der Waals surface area contributed by atoms with Gasteiger partial charge in [0.05, 0.1) is 19.8 Å². The van der Waals surface area contributed by atoms with Crippen LogP contribution < -0.4 is 9.47 Å². The number of benzene rings is 2. The molecule has 1 aromatic heterocycles. The van der Waals surface area contributed by atoms with Crippen LogP contribution in [0.1, 0.15) is 5.56 Å². The van der Waals surface area contributed by atoms with Gasteiger partial charge in [-0.3, -0.25) is 9.58 Å². The van der Waals surface area contributed by atoms with Crippen LogP contribution in [0.2, 0.25) is 5.02 Å². The molecule has 2 aromatic carbocycles. The maximum atomic E-state index is 11.1. The van der Waals surface area contributed by atoms with E-state index in [-0.39, 0.29) is 13.2 Å². The molecule has 0 bridgehead atoms. The smallest absolute Gasteiger partial charge is 0.134 e. The van der Waals surface area contributed by atoms with Crippen LogP contribution in [-0.4, -0.2) is 64.9 Å². The van der Waals surface area contributed by atoms with Crippen molar-refractivity contribution in [1.29, 1.82) is 0 Å². The Labute approximate surface area is 193 Å². The molecule has 1 aliphatic rings. The molecule has 1 N–H and O–H groups in total. The van der Waals surface area contributed by atoms with E-state index < -0.39 is 5.60 Å². The van der Waals surface area contributed by atoms with E-state index in [9.17, 15) is 5.11 Å². The molecule has 0 radical (unpaired) electrons. The number of rotatable bonds is 9. The monoisotopic (exact) mass is 457 g/mol. The quantitative estimate of drug-likeness (QED) is 0.532. The first-order valence-corrected chi connectivity index (χ1v) is 11.1. The number of aliphatic hydroxyl groups is 1. The molecule has 170 valence electrons. The number of hydrogen-bond donors (Lipinski definition) is 1. The van der Waals surface area contributed by atoms with Gasteiger partial charge in [0.15, 0.2) is 0 Å². The van der Waals surface area contributed by atoms with Gasteiger partial charge in [0.25, 0.3) is 0 Å². The average Bonchev–Trinajstić information content (AvgIpc) is 3.22. The van der Waals surface area contributed by atoms with E-state index in [1.54, 1.807) is 18.3 Å². The van der Waals surface area contributed by atoms with E-state index in [0.29, 0.717) is 43.6 Å². The van der Waals surface area contributed by atoms with E-state index in [1.165, 1.54) is 0 Å². The molecule has 3 aromatic rings. The average molecular weight is 458 g/mol. The van der Waals surface area contributed by atoms with E-state index in [0.717, 1.165) is 17.9 Å². The lowest BCUT2D eigenvalue weighted by molar-refractivity contribution is -0.0646. The second-order valence-electron chi connectivity index (χ2n) is 8.00. The molecule has 1 aliphatic heterocycles. The highest BCUT2D eigenvalue weighted by atomic mass is 35.5. The Hall–Kier alpha value is -2.58. The summed E-state index contributed by atoms with van der Waals surface area (Å²) in [6.45, 7) is 3.99. The van der Waals surface area contributed by atoms with Gasteiger partial charge in [-0.2, -0.15) is 5.10 Å². The fourth-order valence-electron chi connectivity index (χ4n) is 3.68. The van der Waals surface area contributed by atoms with Crippen molar-refractivity contribution in [1.82, 2.24) is 14.7 Å². The predicted octanol–water partition coefficient (Wildman–Crippen LogP) is 3.26. The molecule has 1 atom stereocenters. The Morgan fingerprint density at radius 3 is 2.75 bits per heavy atom. The fraction of sp³-hybridized carbons (Fsp3) is 0.375. The molecule has 0 spiro atoms. The Kier molecular flexibility index (Phi) is 7.65. The van der Waals surface area contributed by atoms with Crippen molar-refractivity contribution >= 4 is 11.6 Å². The summed E-state index contributed by atoms with van der Waals surface area (Å²) < 4.78 is 19.2. The van der Waals surface area contributed by atoms with Gasteiger partial charge in [0.1, 0.15) is 30.3 Å². The SMILES string of the molecule is O[C@]1(COc2cccc(Cl)c2)COCCN(Cc2cccc(OCCn3cccn3)c2)C1. The third-order valence-electron chi connectivity index (χ3n) is 5.20. The molecule has 32 heavy (non-hydrogen) atoms. The van der Waals surface area contributed by atoms with Crippen LogP contribution >= 0.6 is 11.6 Å². The van der Waals surface area contributed by atoms with Crippen molar-refractivity contribution in [2.75, 3.05) is 39.5 Å². The lowest BCUT2D eigenvalue weighted by Gasteiger charge is -2.30. The third kappa shape index (κ3) is 6.71. The van der Waals surface area contributed by atoms with Crippen LogP contribution in [0.3, 0.4) is 0 Å². The molecule has 1 fully saturated rings. The second kappa shape index (κ2) is 10.8. The van der Waals surface area contributed by atoms with Crippen LogP contribution in [0.15, 0.2) is 67.0 Å². The predicted molar refractivity (Wildman–Crippen MR) is 122 cm³/mol. The molecule has 7 nitrogen and oxygen atoms in total. The third-order valence-corrected chi connectivity index (χ3v) is 5.43. The number of ether oxygens (including phenoxy) is 3. The van der Waals surface area contributed by atoms with Gasteiger partial charge in [-0.15, -0.1) is 0 Å². The summed E-state index contributed by atoms with van der Waals surface area (Å²) in [6.07, 6.45) is 3.67. The summed E-state index contributed by atoms with van der Waals surface area (Å²) in [4.78, 5) is 2.18. The Morgan fingerprint density at radius 2 is 1.94 bits per heavy atom. The highest BCUT2D eigenvalue weighted by Gasteiger charge is 2.33. The molecular formula is C24H28ClN3O4. The summed E-state index contributed by atoms with van der Waals surface area (Å²) in [5, 5.41) is 15.9. The minimum Gasteiger partial charge on any atom is -0.492 e. The second-order valence-corrected chi connectivity index (χ2v) is 8.44. The van der Waals surface area contributed by atoms with E-state index in [2.05, 4.69) is 16.1 Å². The number of hydrogen-bond acceptors (Lipinski definition) is 6. The molecule has 0 amide bonds. The lowest BCUT2D eigenvalue weighted by atomic mass is 10.1. The summed E-state index contributed by atoms with van der Waals surface area (Å²) >= 11 is 6.02. The van der Waals surface area contributed by atoms with Crippen LogP contribution in [0, 0.1) is 0 Å². The number of β-amino-alcohol motifs (C(OH)–C–C–N with tert-alkyl or cyclic N) is 1. The maximum absolute atomic E-state index is 11.1. The highest BCUT2D eigenvalue weighted by molar-refractivity contribution is 6.30. The van der Waals surface area contributed by atoms with Gasteiger partial charge in [0, 0.05) is 37.1 Å². The highest BCUT2D eigenvalue weighted by Crippen LogP contribution is 2.22. The molecular weight excluding hydrogens is 430 g/mol. The first kappa shape index (κ1) is 22.6. The number of nitrogens with zero attached hydrogens (tertiary/aromatic N) is 3. The Bertz CT molecular complexity index is 985. The van der Waals surface area contributed by atoms with E-state index in [4.69, 9.17) is 25.8 Å². The van der Waals surface area contributed by atoms with Gasteiger partial charge < -0.3 is 19.3 Å². The summed E-state index contributed by atoms with van der Waals surface area (Å²) in [5.74, 6) is 1.45. The van der Waals surface area contributed by atoms with Gasteiger partial charge in [0.2, 0.25) is 0 Å². The van der Waals surface area contributed by atoms with Crippen LogP contribution in [0.25, 0.3) is 0 Å². The van der Waals surface area contributed by atoms with E-state index in [1.807, 2.05) is 47.3 Å². The van der Waals surface area contributed by atoms with Crippen LogP contribution in [0.4, 0.5) is 0 Å². The van der Waals surface area contributed by atoms with Crippen LogP contribution in [-0.2, 0) is 17.8 Å². The fourth-order valence-corrected chi connectivity index (χ4v) is 3.86. The van der Waals surface area contributed by atoms with Crippen molar-refractivity contribution in [3.05, 3.63) is 77.6 Å².